The Labute approximate surface area is 67.4 Å². The van der Waals surface area contributed by atoms with Gasteiger partial charge in [0.05, 0.1) is 12.9 Å². The van der Waals surface area contributed by atoms with Crippen molar-refractivity contribution in [3.63, 3.8) is 0 Å². The molecule has 0 aliphatic heterocycles. The Morgan fingerprint density at radius 1 is 1.55 bits per heavy atom. The Morgan fingerprint density at radius 2 is 2.27 bits per heavy atom. The summed E-state index contributed by atoms with van der Waals surface area (Å²) < 4.78 is 19.1. The van der Waals surface area contributed by atoms with Gasteiger partial charge in [-0.25, -0.2) is 0 Å². The fourth-order valence-corrected chi connectivity index (χ4v) is 0.432. The van der Waals surface area contributed by atoms with E-state index in [0.29, 0.717) is 6.61 Å². The van der Waals surface area contributed by atoms with Gasteiger partial charge >= 0.3 is 7.69 Å². The SMILES string of the molecule is C=CO[B]OC(COC)OC. The van der Waals surface area contributed by atoms with Gasteiger partial charge in [-0.2, -0.15) is 0 Å². The third-order valence-electron chi connectivity index (χ3n) is 0.925. The molecule has 0 aromatic carbocycles. The third-order valence-corrected chi connectivity index (χ3v) is 0.925. The summed E-state index contributed by atoms with van der Waals surface area (Å²) in [4.78, 5) is 0. The van der Waals surface area contributed by atoms with Gasteiger partial charge < -0.3 is 18.8 Å². The van der Waals surface area contributed by atoms with Crippen molar-refractivity contribution in [1.82, 2.24) is 0 Å². The first kappa shape index (κ1) is 10.5. The number of rotatable bonds is 7. The summed E-state index contributed by atoms with van der Waals surface area (Å²) in [6.07, 6.45) is 0.819. The van der Waals surface area contributed by atoms with E-state index in [0.717, 1.165) is 7.69 Å². The number of hydrogen-bond donors (Lipinski definition) is 0. The van der Waals surface area contributed by atoms with Crippen molar-refractivity contribution in [3.05, 3.63) is 12.8 Å². The minimum atomic E-state index is -0.431. The maximum atomic E-state index is 4.91. The number of ether oxygens (including phenoxy) is 2. The maximum Gasteiger partial charge on any atom is 0.573 e. The summed E-state index contributed by atoms with van der Waals surface area (Å²) in [5.41, 5.74) is 0. The molecule has 0 saturated heterocycles. The van der Waals surface area contributed by atoms with E-state index in [4.69, 9.17) is 14.1 Å². The molecule has 0 saturated carbocycles. The molecular weight excluding hydrogens is 147 g/mol. The Kier molecular flexibility index (Phi) is 7.23. The average Bonchev–Trinajstić information content (AvgIpc) is 2.03. The van der Waals surface area contributed by atoms with Gasteiger partial charge in [0.2, 0.25) is 0 Å². The van der Waals surface area contributed by atoms with Crippen molar-refractivity contribution in [3.8, 4) is 0 Å². The Morgan fingerprint density at radius 3 is 2.73 bits per heavy atom. The second kappa shape index (κ2) is 7.59. The topological polar surface area (TPSA) is 36.9 Å². The predicted octanol–water partition coefficient (Wildman–Crippen LogP) is 0.316. The van der Waals surface area contributed by atoms with E-state index in [1.54, 1.807) is 7.11 Å². The largest absolute Gasteiger partial charge is 0.573 e. The van der Waals surface area contributed by atoms with Crippen LogP contribution in [0.4, 0.5) is 0 Å². The molecule has 0 heterocycles. The quantitative estimate of drug-likeness (QED) is 0.232. The summed E-state index contributed by atoms with van der Waals surface area (Å²) in [5, 5.41) is 0. The normalized spacial score (nSPS) is 12.2. The second-order valence-corrected chi connectivity index (χ2v) is 1.66. The van der Waals surface area contributed by atoms with Crippen molar-refractivity contribution in [2.24, 2.45) is 0 Å². The smallest absolute Gasteiger partial charge is 0.544 e. The lowest BCUT2D eigenvalue weighted by Gasteiger charge is -2.13. The molecule has 1 radical (unpaired) electrons. The Hall–Kier alpha value is -0.515. The molecule has 63 valence electrons. The van der Waals surface area contributed by atoms with Crippen LogP contribution in [-0.4, -0.2) is 34.8 Å². The maximum absolute atomic E-state index is 4.91. The minimum absolute atomic E-state index is 0.355. The fraction of sp³-hybridized carbons (Fsp3) is 0.667. The van der Waals surface area contributed by atoms with Crippen LogP contribution in [0.3, 0.4) is 0 Å². The molecule has 0 rings (SSSR count). The summed E-state index contributed by atoms with van der Waals surface area (Å²) in [7, 11) is 4.22. The zero-order valence-corrected chi connectivity index (χ0v) is 6.78. The van der Waals surface area contributed by atoms with Gasteiger partial charge in [-0.3, -0.25) is 0 Å². The molecule has 0 aliphatic carbocycles. The molecule has 5 heteroatoms. The molecule has 0 aromatic heterocycles. The molecular formula is C6H12BO4. The van der Waals surface area contributed by atoms with Crippen molar-refractivity contribution in [1.29, 1.82) is 0 Å². The van der Waals surface area contributed by atoms with Crippen molar-refractivity contribution in [2.45, 2.75) is 6.29 Å². The van der Waals surface area contributed by atoms with E-state index in [9.17, 15) is 0 Å². The summed E-state index contributed by atoms with van der Waals surface area (Å²) >= 11 is 0. The first-order valence-electron chi connectivity index (χ1n) is 3.10. The van der Waals surface area contributed by atoms with Crippen LogP contribution >= 0.6 is 0 Å². The summed E-state index contributed by atoms with van der Waals surface area (Å²) in [5.74, 6) is 0. The summed E-state index contributed by atoms with van der Waals surface area (Å²) in [6.45, 7) is 3.68. The van der Waals surface area contributed by atoms with Gasteiger partial charge in [0, 0.05) is 14.2 Å². The first-order valence-corrected chi connectivity index (χ1v) is 3.10. The van der Waals surface area contributed by atoms with Crippen LogP contribution in [0.1, 0.15) is 0 Å². The lowest BCUT2D eigenvalue weighted by atomic mass is 10.4. The van der Waals surface area contributed by atoms with E-state index in [1.807, 2.05) is 0 Å². The van der Waals surface area contributed by atoms with Gasteiger partial charge in [0.1, 0.15) is 0 Å². The van der Waals surface area contributed by atoms with Gasteiger partial charge in [-0.05, 0) is 0 Å². The minimum Gasteiger partial charge on any atom is -0.544 e. The monoisotopic (exact) mass is 159 g/mol. The van der Waals surface area contributed by atoms with Crippen LogP contribution in [0, 0.1) is 0 Å². The van der Waals surface area contributed by atoms with E-state index >= 15 is 0 Å². The highest BCUT2D eigenvalue weighted by Crippen LogP contribution is 1.91. The third kappa shape index (κ3) is 5.91. The fourth-order valence-electron chi connectivity index (χ4n) is 0.432. The van der Waals surface area contributed by atoms with Crippen molar-refractivity contribution in [2.75, 3.05) is 20.8 Å². The zero-order chi connectivity index (χ0) is 8.53. The van der Waals surface area contributed by atoms with Crippen LogP contribution in [0.25, 0.3) is 0 Å². The highest BCUT2D eigenvalue weighted by atomic mass is 16.7. The molecule has 1 unspecified atom stereocenters. The van der Waals surface area contributed by atoms with Crippen LogP contribution in [0.15, 0.2) is 12.8 Å². The highest BCUT2D eigenvalue weighted by molar-refractivity contribution is 6.18. The van der Waals surface area contributed by atoms with Crippen molar-refractivity contribution < 1.29 is 18.8 Å². The lowest BCUT2D eigenvalue weighted by molar-refractivity contribution is -0.0987. The molecule has 0 bridgehead atoms. The first-order chi connectivity index (χ1) is 5.35. The van der Waals surface area contributed by atoms with Gasteiger partial charge in [0.25, 0.3) is 0 Å². The molecule has 0 N–H and O–H groups in total. The van der Waals surface area contributed by atoms with E-state index in [-0.39, 0.29) is 0 Å². The molecule has 4 nitrogen and oxygen atoms in total. The standard InChI is InChI=1S/C6H12BO4/c1-4-10-7-11-6(9-3)5-8-2/h4,6H,1,5H2,2-3H3. The average molecular weight is 159 g/mol. The van der Waals surface area contributed by atoms with E-state index in [1.165, 1.54) is 13.4 Å². The van der Waals surface area contributed by atoms with Crippen LogP contribution < -0.4 is 0 Å². The number of hydrogen-bond acceptors (Lipinski definition) is 4. The van der Waals surface area contributed by atoms with Gasteiger partial charge in [-0.15, -0.1) is 0 Å². The molecule has 0 aliphatic rings. The Balaban J connectivity index is 3.27. The highest BCUT2D eigenvalue weighted by Gasteiger charge is 2.07. The molecule has 0 fully saturated rings. The van der Waals surface area contributed by atoms with E-state index in [2.05, 4.69) is 11.2 Å². The lowest BCUT2D eigenvalue weighted by Crippen LogP contribution is -2.23. The second-order valence-electron chi connectivity index (χ2n) is 1.66. The predicted molar refractivity (Wildman–Crippen MR) is 40.8 cm³/mol. The van der Waals surface area contributed by atoms with Crippen LogP contribution in [0.5, 0.6) is 0 Å². The van der Waals surface area contributed by atoms with Gasteiger partial charge in [-0.1, -0.05) is 6.58 Å². The molecule has 0 spiro atoms. The molecule has 11 heavy (non-hydrogen) atoms. The summed E-state index contributed by atoms with van der Waals surface area (Å²) in [6, 6.07) is 0. The molecule has 0 amide bonds. The Bertz CT molecular complexity index is 98.6. The van der Waals surface area contributed by atoms with Gasteiger partial charge in [0.15, 0.2) is 6.29 Å². The van der Waals surface area contributed by atoms with Crippen LogP contribution in [-0.2, 0) is 18.8 Å². The molecule has 1 atom stereocenters. The molecule has 0 aromatic rings. The number of methoxy groups -OCH3 is 2. The zero-order valence-electron chi connectivity index (χ0n) is 6.78. The van der Waals surface area contributed by atoms with E-state index < -0.39 is 6.29 Å². The van der Waals surface area contributed by atoms with Crippen molar-refractivity contribution >= 4 is 7.69 Å². The van der Waals surface area contributed by atoms with Crippen LogP contribution in [0.2, 0.25) is 0 Å².